The smallest absolute Gasteiger partial charge is 0.0336 e. The van der Waals surface area contributed by atoms with Crippen molar-refractivity contribution in [3.05, 3.63) is 69.7 Å². The van der Waals surface area contributed by atoms with Gasteiger partial charge in [0, 0.05) is 10.5 Å². The number of hydrogen-bond donors (Lipinski definition) is 1. The highest BCUT2D eigenvalue weighted by atomic mass is 79.9. The predicted molar refractivity (Wildman–Crippen MR) is 80.6 cm³/mol. The Morgan fingerprint density at radius 1 is 1.06 bits per heavy atom. The summed E-state index contributed by atoms with van der Waals surface area (Å²) < 4.78 is 1.13. The molecule has 0 aromatic heterocycles. The van der Waals surface area contributed by atoms with Crippen LogP contribution in [0.2, 0.25) is 0 Å². The third-order valence-corrected chi connectivity index (χ3v) is 3.99. The number of aryl methyl sites for hydroxylation is 1. The van der Waals surface area contributed by atoms with Crippen LogP contribution in [0.25, 0.3) is 0 Å². The first-order valence-electron chi connectivity index (χ1n) is 6.28. The van der Waals surface area contributed by atoms with Gasteiger partial charge in [0.15, 0.2) is 0 Å². The van der Waals surface area contributed by atoms with Crippen molar-refractivity contribution in [3.8, 4) is 0 Å². The van der Waals surface area contributed by atoms with Crippen molar-refractivity contribution in [2.24, 2.45) is 5.73 Å². The standard InChI is InChI=1S/C16H18BrN/c1-2-12-7-9-13(10-8-12)16(18)11-14-5-3-4-6-15(14)17/h3-10,16H,2,11,18H2,1H3. The minimum absolute atomic E-state index is 0.0506. The van der Waals surface area contributed by atoms with Gasteiger partial charge in [-0.1, -0.05) is 65.3 Å². The maximum atomic E-state index is 6.27. The van der Waals surface area contributed by atoms with E-state index in [0.717, 1.165) is 17.3 Å². The third-order valence-electron chi connectivity index (χ3n) is 3.21. The van der Waals surface area contributed by atoms with E-state index in [4.69, 9.17) is 5.73 Å². The summed E-state index contributed by atoms with van der Waals surface area (Å²) >= 11 is 3.56. The molecule has 2 N–H and O–H groups in total. The molecule has 1 nitrogen and oxygen atoms in total. The van der Waals surface area contributed by atoms with Crippen LogP contribution in [0.1, 0.15) is 29.7 Å². The molecule has 0 heterocycles. The summed E-state index contributed by atoms with van der Waals surface area (Å²) in [6.07, 6.45) is 1.92. The molecule has 18 heavy (non-hydrogen) atoms. The van der Waals surface area contributed by atoms with Gasteiger partial charge in [0.2, 0.25) is 0 Å². The van der Waals surface area contributed by atoms with E-state index >= 15 is 0 Å². The first kappa shape index (κ1) is 13.3. The fourth-order valence-corrected chi connectivity index (χ4v) is 2.47. The van der Waals surface area contributed by atoms with Crippen LogP contribution in [-0.2, 0) is 12.8 Å². The minimum atomic E-state index is 0.0506. The van der Waals surface area contributed by atoms with Crippen molar-refractivity contribution >= 4 is 15.9 Å². The molecule has 2 heteroatoms. The Morgan fingerprint density at radius 3 is 2.33 bits per heavy atom. The summed E-state index contributed by atoms with van der Waals surface area (Å²) in [6.45, 7) is 2.16. The normalized spacial score (nSPS) is 12.4. The molecule has 0 spiro atoms. The molecule has 1 atom stereocenters. The summed E-state index contributed by atoms with van der Waals surface area (Å²) in [5, 5.41) is 0. The number of benzene rings is 2. The van der Waals surface area contributed by atoms with Crippen molar-refractivity contribution < 1.29 is 0 Å². The average molecular weight is 304 g/mol. The quantitative estimate of drug-likeness (QED) is 0.897. The van der Waals surface area contributed by atoms with Crippen molar-refractivity contribution in [2.75, 3.05) is 0 Å². The molecule has 1 unspecified atom stereocenters. The molecule has 0 aliphatic rings. The maximum absolute atomic E-state index is 6.27. The second kappa shape index (κ2) is 6.17. The molecule has 0 radical (unpaired) electrons. The molecule has 0 aliphatic heterocycles. The van der Waals surface area contributed by atoms with E-state index < -0.39 is 0 Å². The Bertz CT molecular complexity index is 505. The lowest BCUT2D eigenvalue weighted by Gasteiger charge is -2.13. The largest absolute Gasteiger partial charge is 0.324 e. The van der Waals surface area contributed by atoms with Gasteiger partial charge in [0.05, 0.1) is 0 Å². The highest BCUT2D eigenvalue weighted by molar-refractivity contribution is 9.10. The van der Waals surface area contributed by atoms with Gasteiger partial charge in [-0.3, -0.25) is 0 Å². The van der Waals surface area contributed by atoms with Gasteiger partial charge >= 0.3 is 0 Å². The molecule has 2 aromatic carbocycles. The molecule has 0 saturated heterocycles. The van der Waals surface area contributed by atoms with E-state index in [1.165, 1.54) is 16.7 Å². The molecule has 0 aliphatic carbocycles. The molecule has 0 amide bonds. The fourth-order valence-electron chi connectivity index (χ4n) is 2.02. The Labute approximate surface area is 117 Å². The molecule has 94 valence electrons. The van der Waals surface area contributed by atoms with Gasteiger partial charge in [-0.15, -0.1) is 0 Å². The summed E-state index contributed by atoms with van der Waals surface area (Å²) in [4.78, 5) is 0. The van der Waals surface area contributed by atoms with Gasteiger partial charge in [0.25, 0.3) is 0 Å². The van der Waals surface area contributed by atoms with Gasteiger partial charge in [-0.25, -0.2) is 0 Å². The number of hydrogen-bond acceptors (Lipinski definition) is 1. The van der Waals surface area contributed by atoms with Gasteiger partial charge < -0.3 is 5.73 Å². The molecule has 2 aromatic rings. The second-order valence-electron chi connectivity index (χ2n) is 4.50. The maximum Gasteiger partial charge on any atom is 0.0336 e. The Kier molecular flexibility index (Phi) is 4.56. The summed E-state index contributed by atoms with van der Waals surface area (Å²) in [7, 11) is 0. The zero-order valence-corrected chi connectivity index (χ0v) is 12.2. The van der Waals surface area contributed by atoms with Crippen molar-refractivity contribution in [3.63, 3.8) is 0 Å². The van der Waals surface area contributed by atoms with Crippen LogP contribution in [-0.4, -0.2) is 0 Å². The molecular weight excluding hydrogens is 286 g/mol. The van der Waals surface area contributed by atoms with Crippen molar-refractivity contribution in [2.45, 2.75) is 25.8 Å². The molecule has 0 fully saturated rings. The highest BCUT2D eigenvalue weighted by Gasteiger charge is 2.08. The van der Waals surface area contributed by atoms with Crippen LogP contribution in [0.4, 0.5) is 0 Å². The topological polar surface area (TPSA) is 26.0 Å². The van der Waals surface area contributed by atoms with E-state index in [9.17, 15) is 0 Å². The third kappa shape index (κ3) is 3.21. The Morgan fingerprint density at radius 2 is 1.72 bits per heavy atom. The summed E-state index contributed by atoms with van der Waals surface area (Å²) in [6, 6.07) is 16.9. The molecular formula is C16H18BrN. The zero-order chi connectivity index (χ0) is 13.0. The average Bonchev–Trinajstić information content (AvgIpc) is 2.41. The molecule has 0 saturated carbocycles. The van der Waals surface area contributed by atoms with Crippen LogP contribution >= 0.6 is 15.9 Å². The Hall–Kier alpha value is -1.12. The summed E-state index contributed by atoms with van der Waals surface area (Å²) in [5.74, 6) is 0. The lowest BCUT2D eigenvalue weighted by atomic mass is 9.98. The zero-order valence-electron chi connectivity index (χ0n) is 10.6. The van der Waals surface area contributed by atoms with Crippen LogP contribution < -0.4 is 5.73 Å². The second-order valence-corrected chi connectivity index (χ2v) is 5.35. The molecule has 0 bridgehead atoms. The van der Waals surface area contributed by atoms with Crippen molar-refractivity contribution in [1.82, 2.24) is 0 Å². The van der Waals surface area contributed by atoms with Gasteiger partial charge in [-0.2, -0.15) is 0 Å². The number of nitrogens with two attached hydrogens (primary N) is 1. The number of halogens is 1. The summed E-state index contributed by atoms with van der Waals surface area (Å²) in [5.41, 5.74) is 10.1. The van der Waals surface area contributed by atoms with Crippen molar-refractivity contribution in [1.29, 1.82) is 0 Å². The first-order valence-corrected chi connectivity index (χ1v) is 7.08. The first-order chi connectivity index (χ1) is 8.70. The van der Waals surface area contributed by atoms with Gasteiger partial charge in [-0.05, 0) is 35.6 Å². The SMILES string of the molecule is CCc1ccc(C(N)Cc2ccccc2Br)cc1. The lowest BCUT2D eigenvalue weighted by Crippen LogP contribution is -2.13. The monoisotopic (exact) mass is 303 g/mol. The minimum Gasteiger partial charge on any atom is -0.324 e. The van der Waals surface area contributed by atoms with Gasteiger partial charge in [0.1, 0.15) is 0 Å². The van der Waals surface area contributed by atoms with E-state index in [2.05, 4.69) is 59.3 Å². The molecule has 2 rings (SSSR count). The lowest BCUT2D eigenvalue weighted by molar-refractivity contribution is 0.719. The van der Waals surface area contributed by atoms with E-state index in [-0.39, 0.29) is 6.04 Å². The predicted octanol–water partition coefficient (Wildman–Crippen LogP) is 4.25. The fraction of sp³-hybridized carbons (Fsp3) is 0.250. The van der Waals surface area contributed by atoms with Crippen LogP contribution in [0.15, 0.2) is 53.0 Å². The van der Waals surface area contributed by atoms with Crippen LogP contribution in [0.5, 0.6) is 0 Å². The van der Waals surface area contributed by atoms with E-state index in [0.29, 0.717) is 0 Å². The number of rotatable bonds is 4. The van der Waals surface area contributed by atoms with Crippen LogP contribution in [0, 0.1) is 0 Å². The Balaban J connectivity index is 2.11. The van der Waals surface area contributed by atoms with Crippen LogP contribution in [0.3, 0.4) is 0 Å². The van der Waals surface area contributed by atoms with E-state index in [1.54, 1.807) is 0 Å². The van der Waals surface area contributed by atoms with E-state index in [1.807, 2.05) is 12.1 Å². The highest BCUT2D eigenvalue weighted by Crippen LogP contribution is 2.22.